The van der Waals surface area contributed by atoms with Crippen LogP contribution in [0.15, 0.2) is 54.6 Å². The Morgan fingerprint density at radius 1 is 1.12 bits per heavy atom. The van der Waals surface area contributed by atoms with Gasteiger partial charge in [0.25, 0.3) is 0 Å². The van der Waals surface area contributed by atoms with E-state index in [4.69, 9.17) is 0 Å². The molecule has 0 radical (unpaired) electrons. The maximum absolute atomic E-state index is 14.0. The van der Waals surface area contributed by atoms with Gasteiger partial charge in [-0.1, -0.05) is 69.8 Å². The second-order valence-electron chi connectivity index (χ2n) is 10.7. The Morgan fingerprint density at radius 2 is 1.82 bits per heavy atom. The number of hydrogen-bond donors (Lipinski definition) is 3. The van der Waals surface area contributed by atoms with Crippen LogP contribution in [0.1, 0.15) is 45.6 Å². The molecule has 1 saturated heterocycles. The summed E-state index contributed by atoms with van der Waals surface area (Å²) in [6.45, 7) is 10.3. The van der Waals surface area contributed by atoms with E-state index in [1.807, 2.05) is 56.3 Å². The van der Waals surface area contributed by atoms with Crippen molar-refractivity contribution in [1.29, 1.82) is 0 Å². The zero-order chi connectivity index (χ0) is 23.9. The molecule has 5 nitrogen and oxygen atoms in total. The molecule has 1 spiro atoms. The molecule has 5 heteroatoms. The number of benzene rings is 1. The Bertz CT molecular complexity index is 940. The van der Waals surface area contributed by atoms with Gasteiger partial charge in [0.2, 0.25) is 5.91 Å². The van der Waals surface area contributed by atoms with E-state index in [-0.39, 0.29) is 41.9 Å². The van der Waals surface area contributed by atoms with Gasteiger partial charge in [-0.3, -0.25) is 9.59 Å². The molecule has 0 aromatic heterocycles. The van der Waals surface area contributed by atoms with Gasteiger partial charge in [0.15, 0.2) is 5.78 Å². The number of Topliss-reactive ketones (excluding diaryl/α,β-unsaturated/α-hetero) is 1. The number of rotatable bonds is 2. The molecule has 1 saturated carbocycles. The van der Waals surface area contributed by atoms with Crippen molar-refractivity contribution < 1.29 is 19.8 Å². The number of hydrogen-bond acceptors (Lipinski definition) is 4. The number of aliphatic hydroxyl groups is 2. The van der Waals surface area contributed by atoms with E-state index < -0.39 is 23.5 Å². The quantitative estimate of drug-likeness (QED) is 0.475. The molecule has 4 rings (SSSR count). The first-order valence-corrected chi connectivity index (χ1v) is 12.3. The van der Waals surface area contributed by atoms with Crippen molar-refractivity contribution in [1.82, 2.24) is 5.32 Å². The first-order chi connectivity index (χ1) is 15.7. The maximum atomic E-state index is 14.0. The lowest BCUT2D eigenvalue weighted by molar-refractivity contribution is -0.153. The largest absolute Gasteiger partial charge is 0.392 e. The summed E-state index contributed by atoms with van der Waals surface area (Å²) in [6, 6.07) is 9.69. The number of carbonyl (C=O) groups excluding carboxylic acids is 2. The third-order valence-electron chi connectivity index (χ3n) is 8.49. The minimum Gasteiger partial charge on any atom is -0.392 e. The number of carbonyl (C=O) groups is 2. The number of allylic oxidation sites excluding steroid dienone is 1. The number of nitrogens with one attached hydrogen (secondary N) is 1. The molecular weight excluding hydrogens is 414 g/mol. The van der Waals surface area contributed by atoms with Gasteiger partial charge in [0, 0.05) is 24.3 Å². The van der Waals surface area contributed by atoms with Crippen molar-refractivity contribution in [3.05, 3.63) is 60.2 Å². The van der Waals surface area contributed by atoms with Crippen LogP contribution in [-0.2, 0) is 16.0 Å². The highest BCUT2D eigenvalue weighted by Gasteiger charge is 2.68. The van der Waals surface area contributed by atoms with Crippen molar-refractivity contribution >= 4 is 11.7 Å². The maximum Gasteiger partial charge on any atom is 0.235 e. The van der Waals surface area contributed by atoms with Crippen molar-refractivity contribution in [2.75, 3.05) is 0 Å². The van der Waals surface area contributed by atoms with Gasteiger partial charge in [-0.05, 0) is 48.2 Å². The van der Waals surface area contributed by atoms with Crippen molar-refractivity contribution in [2.24, 2.45) is 35.0 Å². The van der Waals surface area contributed by atoms with E-state index in [0.717, 1.165) is 18.4 Å². The zero-order valence-electron chi connectivity index (χ0n) is 19.9. The summed E-state index contributed by atoms with van der Waals surface area (Å²) in [5.41, 5.74) is 0.344. The molecule has 3 aliphatic rings. The van der Waals surface area contributed by atoms with Crippen LogP contribution in [-0.4, -0.2) is 40.2 Å². The lowest BCUT2D eigenvalue weighted by Crippen LogP contribution is -2.59. The van der Waals surface area contributed by atoms with Crippen LogP contribution in [0.3, 0.4) is 0 Å². The Morgan fingerprint density at radius 3 is 2.52 bits per heavy atom. The Kier molecular flexibility index (Phi) is 6.66. The van der Waals surface area contributed by atoms with E-state index in [0.29, 0.717) is 17.9 Å². The Hall–Kier alpha value is -2.24. The van der Waals surface area contributed by atoms with Gasteiger partial charge >= 0.3 is 0 Å². The predicted octanol–water partition coefficient (Wildman–Crippen LogP) is 3.46. The van der Waals surface area contributed by atoms with Crippen LogP contribution in [0, 0.1) is 35.0 Å². The van der Waals surface area contributed by atoms with Gasteiger partial charge in [0.1, 0.15) is 5.41 Å². The molecule has 0 bridgehead atoms. The monoisotopic (exact) mass is 451 g/mol. The number of aliphatic hydroxyl groups excluding tert-OH is 2. The molecule has 9 unspecified atom stereocenters. The summed E-state index contributed by atoms with van der Waals surface area (Å²) < 4.78 is 0. The third-order valence-corrected chi connectivity index (χ3v) is 8.49. The molecule has 2 fully saturated rings. The fourth-order valence-electron chi connectivity index (χ4n) is 6.65. The van der Waals surface area contributed by atoms with Crippen LogP contribution < -0.4 is 5.32 Å². The highest BCUT2D eigenvalue weighted by Crippen LogP contribution is 2.57. The van der Waals surface area contributed by atoms with E-state index >= 15 is 0 Å². The minimum absolute atomic E-state index is 0.0470. The molecular formula is C28H37NO4. The standard InChI is InChI=1S/C28H37NO4/c1-16-9-8-12-21-26(32)19(4)18(3)25-22(14-20-10-6-5-7-11-20)29-27(33)28(21,25)24(31)15-23(30)17(2)13-16/h5-8,10-12,16-18,21-23,25-26,30,32H,4,9,13-15H2,1-3H3,(H,29,33). The molecule has 1 heterocycles. The van der Waals surface area contributed by atoms with Gasteiger partial charge in [-0.2, -0.15) is 0 Å². The second-order valence-corrected chi connectivity index (χ2v) is 10.7. The lowest BCUT2D eigenvalue weighted by atomic mass is 9.51. The molecule has 9 atom stereocenters. The van der Waals surface area contributed by atoms with E-state index in [1.165, 1.54) is 0 Å². The second kappa shape index (κ2) is 9.19. The van der Waals surface area contributed by atoms with Crippen molar-refractivity contribution in [3.8, 4) is 0 Å². The molecule has 3 N–H and O–H groups in total. The zero-order valence-corrected chi connectivity index (χ0v) is 19.9. The van der Waals surface area contributed by atoms with Crippen LogP contribution in [0.4, 0.5) is 0 Å². The fraction of sp³-hybridized carbons (Fsp3) is 0.571. The van der Waals surface area contributed by atoms with E-state index in [9.17, 15) is 19.8 Å². The normalized spacial score (nSPS) is 41.7. The smallest absolute Gasteiger partial charge is 0.235 e. The number of amides is 1. The third kappa shape index (κ3) is 4.00. The van der Waals surface area contributed by atoms with Crippen molar-refractivity contribution in [2.45, 2.75) is 64.7 Å². The van der Waals surface area contributed by atoms with Crippen LogP contribution in [0.2, 0.25) is 0 Å². The Balaban J connectivity index is 1.83. The van der Waals surface area contributed by atoms with Gasteiger partial charge in [-0.15, -0.1) is 0 Å². The molecule has 1 amide bonds. The average molecular weight is 452 g/mol. The first-order valence-electron chi connectivity index (χ1n) is 12.3. The molecule has 1 aliphatic heterocycles. The van der Waals surface area contributed by atoms with E-state index in [1.54, 1.807) is 0 Å². The summed E-state index contributed by atoms with van der Waals surface area (Å²) in [5.74, 6) is -1.55. The van der Waals surface area contributed by atoms with Crippen LogP contribution >= 0.6 is 0 Å². The van der Waals surface area contributed by atoms with Crippen molar-refractivity contribution in [3.63, 3.8) is 0 Å². The lowest BCUT2D eigenvalue weighted by Gasteiger charge is -2.49. The summed E-state index contributed by atoms with van der Waals surface area (Å²) in [5, 5.41) is 25.3. The summed E-state index contributed by atoms with van der Waals surface area (Å²) in [7, 11) is 0. The summed E-state index contributed by atoms with van der Waals surface area (Å²) in [4.78, 5) is 27.8. The first kappa shape index (κ1) is 23.9. The molecule has 1 aromatic rings. The van der Waals surface area contributed by atoms with Gasteiger partial charge in [-0.25, -0.2) is 0 Å². The highest BCUT2D eigenvalue weighted by atomic mass is 16.3. The molecule has 178 valence electrons. The summed E-state index contributed by atoms with van der Waals surface area (Å²) in [6.07, 6.45) is 4.20. The Labute approximate surface area is 197 Å². The molecule has 33 heavy (non-hydrogen) atoms. The SMILES string of the molecule is C=C1C(C)C2C(Cc3ccccc3)NC(=O)C23C(=O)CC(O)C(C)CC(C)CC=CC3C1O. The van der Waals surface area contributed by atoms with E-state index in [2.05, 4.69) is 18.8 Å². The van der Waals surface area contributed by atoms with Gasteiger partial charge < -0.3 is 15.5 Å². The average Bonchev–Trinajstić information content (AvgIpc) is 3.06. The minimum atomic E-state index is -1.41. The molecule has 1 aromatic carbocycles. The number of ketones is 1. The highest BCUT2D eigenvalue weighted by molar-refractivity contribution is 6.09. The van der Waals surface area contributed by atoms with Crippen LogP contribution in [0.5, 0.6) is 0 Å². The van der Waals surface area contributed by atoms with Crippen LogP contribution in [0.25, 0.3) is 0 Å². The topological polar surface area (TPSA) is 86.6 Å². The summed E-state index contributed by atoms with van der Waals surface area (Å²) >= 11 is 0. The fourth-order valence-corrected chi connectivity index (χ4v) is 6.65. The predicted molar refractivity (Wildman–Crippen MR) is 128 cm³/mol. The molecule has 2 aliphatic carbocycles. The van der Waals surface area contributed by atoms with Gasteiger partial charge in [0.05, 0.1) is 12.2 Å².